The number of hydrogen-bond acceptors (Lipinski definition) is 4. The predicted molar refractivity (Wildman–Crippen MR) is 81.8 cm³/mol. The molecular weight excluding hydrogens is 272 g/mol. The number of hydrogen-bond donors (Lipinski definition) is 1. The molecule has 2 N–H and O–H groups in total. The summed E-state index contributed by atoms with van der Waals surface area (Å²) in [7, 11) is 0. The fourth-order valence-electron chi connectivity index (χ4n) is 3.92. The van der Waals surface area contributed by atoms with Crippen molar-refractivity contribution in [2.24, 2.45) is 11.1 Å². The molecular formula is C15H26N2O2S. The Balaban J connectivity index is 1.77. The first kappa shape index (κ1) is 14.7. The van der Waals surface area contributed by atoms with Gasteiger partial charge in [-0.2, -0.15) is 11.8 Å². The number of nitrogens with zero attached hydrogens (tertiary/aromatic N) is 1. The van der Waals surface area contributed by atoms with E-state index in [9.17, 15) is 4.79 Å². The van der Waals surface area contributed by atoms with Crippen molar-refractivity contribution in [2.75, 3.05) is 32.1 Å². The largest absolute Gasteiger partial charge is 0.381 e. The summed E-state index contributed by atoms with van der Waals surface area (Å²) < 4.78 is 5.44. The summed E-state index contributed by atoms with van der Waals surface area (Å²) in [6.07, 6.45) is 6.64. The molecule has 2 heterocycles. The number of carbonyl (C=O) groups is 1. The molecule has 0 aromatic carbocycles. The summed E-state index contributed by atoms with van der Waals surface area (Å²) in [4.78, 5) is 15.3. The Morgan fingerprint density at radius 2 is 2.05 bits per heavy atom. The van der Waals surface area contributed by atoms with Crippen molar-refractivity contribution in [3.8, 4) is 0 Å². The zero-order chi connectivity index (χ0) is 14.0. The van der Waals surface area contributed by atoms with Crippen molar-refractivity contribution in [2.45, 2.75) is 49.8 Å². The number of ether oxygens (including phenoxy) is 1. The highest BCUT2D eigenvalue weighted by molar-refractivity contribution is 8.00. The van der Waals surface area contributed by atoms with Crippen molar-refractivity contribution >= 4 is 17.7 Å². The molecule has 4 nitrogen and oxygen atoms in total. The Bertz CT molecular complexity index is 356. The average Bonchev–Trinajstić information content (AvgIpc) is 2.54. The van der Waals surface area contributed by atoms with Crippen LogP contribution in [0.25, 0.3) is 0 Å². The lowest BCUT2D eigenvalue weighted by Gasteiger charge is -2.48. The molecule has 1 amide bonds. The van der Waals surface area contributed by atoms with E-state index in [0.29, 0.717) is 37.0 Å². The Labute approximate surface area is 125 Å². The molecule has 114 valence electrons. The van der Waals surface area contributed by atoms with Crippen LogP contribution in [-0.2, 0) is 9.53 Å². The van der Waals surface area contributed by atoms with E-state index in [1.165, 1.54) is 25.7 Å². The number of nitrogens with two attached hydrogens (primary N) is 1. The summed E-state index contributed by atoms with van der Waals surface area (Å²) in [5.41, 5.74) is 5.66. The van der Waals surface area contributed by atoms with Gasteiger partial charge < -0.3 is 15.4 Å². The van der Waals surface area contributed by atoms with Crippen molar-refractivity contribution < 1.29 is 9.53 Å². The molecule has 3 rings (SSSR count). The molecule has 2 atom stereocenters. The molecule has 2 unspecified atom stereocenters. The Morgan fingerprint density at radius 1 is 1.30 bits per heavy atom. The molecule has 20 heavy (non-hydrogen) atoms. The minimum atomic E-state index is -0.345. The predicted octanol–water partition coefficient (Wildman–Crippen LogP) is 1.63. The third kappa shape index (κ3) is 2.60. The zero-order valence-corrected chi connectivity index (χ0v) is 13.0. The van der Waals surface area contributed by atoms with Gasteiger partial charge in [0, 0.05) is 43.3 Å². The van der Waals surface area contributed by atoms with Crippen LogP contribution >= 0.6 is 11.8 Å². The van der Waals surface area contributed by atoms with E-state index in [1.807, 2.05) is 0 Å². The molecule has 0 aromatic heterocycles. The van der Waals surface area contributed by atoms with Crippen LogP contribution in [0.1, 0.15) is 38.5 Å². The summed E-state index contributed by atoms with van der Waals surface area (Å²) in [6.45, 7) is 2.74. The maximum atomic E-state index is 13.1. The van der Waals surface area contributed by atoms with Gasteiger partial charge in [-0.25, -0.2) is 0 Å². The van der Waals surface area contributed by atoms with Gasteiger partial charge in [-0.15, -0.1) is 0 Å². The van der Waals surface area contributed by atoms with Gasteiger partial charge >= 0.3 is 0 Å². The molecule has 0 aromatic rings. The van der Waals surface area contributed by atoms with Gasteiger partial charge in [0.15, 0.2) is 0 Å². The summed E-state index contributed by atoms with van der Waals surface area (Å²) in [6, 6.07) is 0.460. The third-order valence-electron chi connectivity index (χ3n) is 5.29. The van der Waals surface area contributed by atoms with Gasteiger partial charge in [-0.1, -0.05) is 12.8 Å². The van der Waals surface area contributed by atoms with Crippen LogP contribution in [0, 0.1) is 5.41 Å². The summed E-state index contributed by atoms with van der Waals surface area (Å²) in [5, 5.41) is 0.663. The second-order valence-corrected chi connectivity index (χ2v) is 7.70. The highest BCUT2D eigenvalue weighted by Gasteiger charge is 2.45. The van der Waals surface area contributed by atoms with Crippen molar-refractivity contribution in [3.63, 3.8) is 0 Å². The topological polar surface area (TPSA) is 55.6 Å². The Hall–Kier alpha value is -0.260. The van der Waals surface area contributed by atoms with Gasteiger partial charge in [0.2, 0.25) is 5.91 Å². The van der Waals surface area contributed by atoms with E-state index in [1.54, 1.807) is 0 Å². The average molecular weight is 298 g/mol. The first-order chi connectivity index (χ1) is 9.77. The molecule has 3 aliphatic rings. The molecule has 1 aliphatic carbocycles. The van der Waals surface area contributed by atoms with Crippen molar-refractivity contribution in [3.05, 3.63) is 0 Å². The van der Waals surface area contributed by atoms with Gasteiger partial charge in [0.1, 0.15) is 0 Å². The highest BCUT2D eigenvalue weighted by atomic mass is 32.2. The molecule has 2 aliphatic heterocycles. The van der Waals surface area contributed by atoms with Crippen LogP contribution in [0.2, 0.25) is 0 Å². The second kappa shape index (κ2) is 6.24. The van der Waals surface area contributed by atoms with Crippen molar-refractivity contribution in [1.29, 1.82) is 0 Å². The standard InChI is InChI=1S/C15H26N2O2S/c16-11-15(5-8-19-9-6-15)14(18)17-7-10-20-13-4-2-1-3-12(13)17/h12-13H,1-11,16H2. The fourth-order valence-corrected chi connectivity index (χ4v) is 5.36. The lowest BCUT2D eigenvalue weighted by Crippen LogP contribution is -2.58. The van der Waals surface area contributed by atoms with Crippen LogP contribution in [0.5, 0.6) is 0 Å². The molecule has 0 radical (unpaired) electrons. The number of rotatable bonds is 2. The summed E-state index contributed by atoms with van der Waals surface area (Å²) >= 11 is 2.07. The molecule has 2 saturated heterocycles. The lowest BCUT2D eigenvalue weighted by molar-refractivity contribution is -0.150. The van der Waals surface area contributed by atoms with Crippen molar-refractivity contribution in [1.82, 2.24) is 4.90 Å². The van der Waals surface area contributed by atoms with Gasteiger partial charge in [0.05, 0.1) is 5.41 Å². The fraction of sp³-hybridized carbons (Fsp3) is 0.933. The number of fused-ring (bicyclic) bond motifs is 1. The molecule has 0 spiro atoms. The van der Waals surface area contributed by atoms with E-state index in [4.69, 9.17) is 10.5 Å². The highest BCUT2D eigenvalue weighted by Crippen LogP contribution is 2.39. The quantitative estimate of drug-likeness (QED) is 0.842. The third-order valence-corrected chi connectivity index (χ3v) is 6.68. The maximum absolute atomic E-state index is 13.1. The summed E-state index contributed by atoms with van der Waals surface area (Å²) in [5.74, 6) is 1.41. The van der Waals surface area contributed by atoms with Crippen LogP contribution in [0.15, 0.2) is 0 Å². The van der Waals surface area contributed by atoms with Crippen LogP contribution < -0.4 is 5.73 Å². The van der Waals surface area contributed by atoms with Gasteiger partial charge in [-0.3, -0.25) is 4.79 Å². The molecule has 0 bridgehead atoms. The van der Waals surface area contributed by atoms with E-state index in [2.05, 4.69) is 16.7 Å². The number of amides is 1. The zero-order valence-electron chi connectivity index (χ0n) is 12.2. The van der Waals surface area contributed by atoms with Crippen LogP contribution in [-0.4, -0.2) is 54.2 Å². The van der Waals surface area contributed by atoms with Gasteiger partial charge in [-0.05, 0) is 25.7 Å². The molecule has 5 heteroatoms. The van der Waals surface area contributed by atoms with E-state index < -0.39 is 0 Å². The Morgan fingerprint density at radius 3 is 2.80 bits per heavy atom. The smallest absolute Gasteiger partial charge is 0.230 e. The van der Waals surface area contributed by atoms with E-state index in [0.717, 1.165) is 25.1 Å². The molecule has 3 fully saturated rings. The maximum Gasteiger partial charge on any atom is 0.230 e. The SMILES string of the molecule is NCC1(C(=O)N2CCSC3CCCCC32)CCOCC1. The minimum absolute atomic E-state index is 0.320. The van der Waals surface area contributed by atoms with E-state index >= 15 is 0 Å². The van der Waals surface area contributed by atoms with E-state index in [-0.39, 0.29) is 5.41 Å². The number of thioether (sulfide) groups is 1. The van der Waals surface area contributed by atoms with Crippen LogP contribution in [0.3, 0.4) is 0 Å². The first-order valence-electron chi connectivity index (χ1n) is 7.97. The Kier molecular flexibility index (Phi) is 4.58. The first-order valence-corrected chi connectivity index (χ1v) is 9.02. The monoisotopic (exact) mass is 298 g/mol. The lowest BCUT2D eigenvalue weighted by atomic mass is 9.78. The normalized spacial score (nSPS) is 33.5. The van der Waals surface area contributed by atoms with Gasteiger partial charge in [0.25, 0.3) is 0 Å². The minimum Gasteiger partial charge on any atom is -0.381 e. The van der Waals surface area contributed by atoms with Crippen LogP contribution in [0.4, 0.5) is 0 Å². The number of carbonyl (C=O) groups excluding carboxylic acids is 1. The molecule has 1 saturated carbocycles. The second-order valence-electron chi connectivity index (χ2n) is 6.36.